The Morgan fingerprint density at radius 3 is 1.72 bits per heavy atom. The van der Waals surface area contributed by atoms with Crippen molar-refractivity contribution in [2.45, 2.75) is 0 Å². The predicted octanol–water partition coefficient (Wildman–Crippen LogP) is 11.0. The summed E-state index contributed by atoms with van der Waals surface area (Å²) in [6.07, 6.45) is 0. The van der Waals surface area contributed by atoms with Crippen LogP contribution >= 0.6 is 0 Å². The molecule has 46 heavy (non-hydrogen) atoms. The summed E-state index contributed by atoms with van der Waals surface area (Å²) in [5, 5.41) is 8.64. The maximum atomic E-state index is 6.46. The molecular weight excluding hydrogens is 566 g/mol. The SMILES string of the molecule is c1ccc2c(c1)cc(-c1nc(-c3cccc4c3oc3ccccc34)nc(-c3cccc4oc5ccccc5c34)n1)c1ccccc12. The Labute approximate surface area is 262 Å². The fourth-order valence-electron chi connectivity index (χ4n) is 6.86. The fourth-order valence-corrected chi connectivity index (χ4v) is 6.86. The van der Waals surface area contributed by atoms with Gasteiger partial charge in [-0.2, -0.15) is 0 Å². The van der Waals surface area contributed by atoms with Crippen LogP contribution in [-0.4, -0.2) is 15.0 Å². The van der Waals surface area contributed by atoms with Gasteiger partial charge in [0, 0.05) is 32.7 Å². The summed E-state index contributed by atoms with van der Waals surface area (Å²) >= 11 is 0. The van der Waals surface area contributed by atoms with Crippen molar-refractivity contribution in [3.05, 3.63) is 140 Å². The molecule has 0 bridgehead atoms. The van der Waals surface area contributed by atoms with Gasteiger partial charge in [0.2, 0.25) is 0 Å². The highest BCUT2D eigenvalue weighted by Crippen LogP contribution is 2.40. The lowest BCUT2D eigenvalue weighted by molar-refractivity contribution is 0.668. The van der Waals surface area contributed by atoms with Crippen LogP contribution in [0.1, 0.15) is 0 Å². The van der Waals surface area contributed by atoms with Gasteiger partial charge in [-0.25, -0.2) is 15.0 Å². The number of rotatable bonds is 3. The third kappa shape index (κ3) is 3.66. The van der Waals surface area contributed by atoms with E-state index in [2.05, 4.69) is 78.9 Å². The van der Waals surface area contributed by atoms with E-state index in [0.29, 0.717) is 17.5 Å². The number of fused-ring (bicyclic) bond motifs is 9. The summed E-state index contributed by atoms with van der Waals surface area (Å²) in [5.74, 6) is 1.72. The van der Waals surface area contributed by atoms with Gasteiger partial charge < -0.3 is 8.83 Å². The molecule has 0 radical (unpaired) electrons. The number of nitrogens with zero attached hydrogens (tertiary/aromatic N) is 3. The second-order valence-corrected chi connectivity index (χ2v) is 11.6. The average Bonchev–Trinajstić information content (AvgIpc) is 3.70. The Hall–Kier alpha value is -6.33. The van der Waals surface area contributed by atoms with E-state index in [4.69, 9.17) is 23.8 Å². The quantitative estimate of drug-likeness (QED) is 0.192. The zero-order chi connectivity index (χ0) is 30.2. The topological polar surface area (TPSA) is 65.0 Å². The van der Waals surface area contributed by atoms with E-state index in [-0.39, 0.29) is 0 Å². The molecule has 3 aromatic heterocycles. The van der Waals surface area contributed by atoms with E-state index in [9.17, 15) is 0 Å². The van der Waals surface area contributed by atoms with Crippen LogP contribution < -0.4 is 0 Å². The van der Waals surface area contributed by atoms with E-state index in [0.717, 1.165) is 76.7 Å². The first-order valence-electron chi connectivity index (χ1n) is 15.3. The van der Waals surface area contributed by atoms with Crippen molar-refractivity contribution in [3.8, 4) is 34.2 Å². The first kappa shape index (κ1) is 25.0. The molecule has 0 aliphatic rings. The van der Waals surface area contributed by atoms with Crippen molar-refractivity contribution in [1.29, 1.82) is 0 Å². The molecule has 0 amide bonds. The van der Waals surface area contributed by atoms with Crippen molar-refractivity contribution in [3.63, 3.8) is 0 Å². The van der Waals surface area contributed by atoms with Crippen LogP contribution in [0.4, 0.5) is 0 Å². The second-order valence-electron chi connectivity index (χ2n) is 11.6. The molecule has 0 saturated carbocycles. The smallest absolute Gasteiger partial charge is 0.167 e. The van der Waals surface area contributed by atoms with Gasteiger partial charge in [0.1, 0.15) is 22.3 Å². The molecule has 0 unspecified atom stereocenters. The van der Waals surface area contributed by atoms with Crippen LogP contribution in [0.2, 0.25) is 0 Å². The van der Waals surface area contributed by atoms with Crippen LogP contribution in [0, 0.1) is 0 Å². The van der Waals surface area contributed by atoms with Crippen LogP contribution in [0.5, 0.6) is 0 Å². The summed E-state index contributed by atoms with van der Waals surface area (Å²) in [5.41, 5.74) is 5.84. The molecule has 0 saturated heterocycles. The standard InChI is InChI=1S/C41H23N3O2/c1-2-12-25-24(11-1)23-33(27-14-4-3-13-26(25)27)41-43-39(31-18-10-22-36-37(31)30-16-6-8-21-35(30)45-36)42-40(44-41)32-19-9-17-29-28-15-5-7-20-34(28)46-38(29)32/h1-23H. The van der Waals surface area contributed by atoms with Gasteiger partial charge in [0.15, 0.2) is 17.5 Å². The fraction of sp³-hybridized carbons (Fsp3) is 0. The molecular formula is C41H23N3O2. The largest absolute Gasteiger partial charge is 0.456 e. The van der Waals surface area contributed by atoms with Gasteiger partial charge in [0.05, 0.1) is 5.56 Å². The van der Waals surface area contributed by atoms with Gasteiger partial charge in [0.25, 0.3) is 0 Å². The third-order valence-corrected chi connectivity index (χ3v) is 8.93. The average molecular weight is 590 g/mol. The van der Waals surface area contributed by atoms with E-state index in [1.165, 1.54) is 5.39 Å². The van der Waals surface area contributed by atoms with Crippen molar-refractivity contribution in [2.75, 3.05) is 0 Å². The zero-order valence-corrected chi connectivity index (χ0v) is 24.4. The minimum Gasteiger partial charge on any atom is -0.456 e. The molecule has 0 spiro atoms. The van der Waals surface area contributed by atoms with Crippen LogP contribution in [0.25, 0.3) is 99.6 Å². The molecule has 10 rings (SSSR count). The normalized spacial score (nSPS) is 11.9. The molecule has 0 N–H and O–H groups in total. The van der Waals surface area contributed by atoms with Crippen LogP contribution in [-0.2, 0) is 0 Å². The van der Waals surface area contributed by atoms with Gasteiger partial charge in [-0.05, 0) is 51.9 Å². The summed E-state index contributed by atoms with van der Waals surface area (Å²) in [4.78, 5) is 15.6. The first-order valence-corrected chi connectivity index (χ1v) is 15.3. The van der Waals surface area contributed by atoms with Crippen molar-refractivity contribution >= 4 is 65.4 Å². The molecule has 10 aromatic rings. The van der Waals surface area contributed by atoms with Crippen molar-refractivity contribution in [2.24, 2.45) is 0 Å². The molecule has 0 aliphatic heterocycles. The minimum absolute atomic E-state index is 0.548. The van der Waals surface area contributed by atoms with Crippen LogP contribution in [0.15, 0.2) is 148 Å². The maximum Gasteiger partial charge on any atom is 0.167 e. The molecule has 7 aromatic carbocycles. The molecule has 0 aliphatic carbocycles. The van der Waals surface area contributed by atoms with Crippen molar-refractivity contribution in [1.82, 2.24) is 15.0 Å². The Morgan fingerprint density at radius 2 is 0.891 bits per heavy atom. The first-order chi connectivity index (χ1) is 22.8. The molecule has 214 valence electrons. The number of hydrogen-bond acceptors (Lipinski definition) is 5. The Balaban J connectivity index is 1.32. The molecule has 0 atom stereocenters. The van der Waals surface area contributed by atoms with Crippen LogP contribution in [0.3, 0.4) is 0 Å². The van der Waals surface area contributed by atoms with Gasteiger partial charge in [-0.15, -0.1) is 0 Å². The monoisotopic (exact) mass is 589 g/mol. The van der Waals surface area contributed by atoms with E-state index in [1.807, 2.05) is 60.7 Å². The number of para-hydroxylation sites is 3. The molecule has 0 fully saturated rings. The summed E-state index contributed by atoms with van der Waals surface area (Å²) in [6.45, 7) is 0. The summed E-state index contributed by atoms with van der Waals surface area (Å²) in [7, 11) is 0. The van der Waals surface area contributed by atoms with E-state index >= 15 is 0 Å². The summed E-state index contributed by atoms with van der Waals surface area (Å²) in [6, 6.07) is 47.5. The highest BCUT2D eigenvalue weighted by molar-refractivity contribution is 6.14. The lowest BCUT2D eigenvalue weighted by Crippen LogP contribution is -2.01. The van der Waals surface area contributed by atoms with Gasteiger partial charge >= 0.3 is 0 Å². The van der Waals surface area contributed by atoms with E-state index < -0.39 is 0 Å². The number of furan rings is 2. The lowest BCUT2D eigenvalue weighted by Gasteiger charge is -2.13. The van der Waals surface area contributed by atoms with Gasteiger partial charge in [-0.3, -0.25) is 0 Å². The van der Waals surface area contributed by atoms with Crippen molar-refractivity contribution < 1.29 is 8.83 Å². The van der Waals surface area contributed by atoms with E-state index in [1.54, 1.807) is 0 Å². The number of aromatic nitrogens is 3. The lowest BCUT2D eigenvalue weighted by atomic mass is 9.96. The summed E-state index contributed by atoms with van der Waals surface area (Å²) < 4.78 is 12.7. The molecule has 5 heteroatoms. The van der Waals surface area contributed by atoms with Gasteiger partial charge in [-0.1, -0.05) is 109 Å². The third-order valence-electron chi connectivity index (χ3n) is 8.93. The second kappa shape index (κ2) is 9.58. The Bertz CT molecular complexity index is 2830. The maximum absolute atomic E-state index is 6.46. The number of benzene rings is 7. The zero-order valence-electron chi connectivity index (χ0n) is 24.4. The number of hydrogen-bond donors (Lipinski definition) is 0. The predicted molar refractivity (Wildman–Crippen MR) is 186 cm³/mol. The Kier molecular flexibility index (Phi) is 5.22. The molecule has 5 nitrogen and oxygen atoms in total. The highest BCUT2D eigenvalue weighted by atomic mass is 16.3. The molecule has 3 heterocycles. The highest BCUT2D eigenvalue weighted by Gasteiger charge is 2.21. The Morgan fingerprint density at radius 1 is 0.348 bits per heavy atom. The minimum atomic E-state index is 0.548.